The molecule has 2 amide bonds. The number of halogens is 8. The van der Waals surface area contributed by atoms with E-state index in [0.717, 1.165) is 36.5 Å². The van der Waals surface area contributed by atoms with Crippen LogP contribution in [-0.4, -0.2) is 51.0 Å². The Kier molecular flexibility index (Phi) is 7.48. The third-order valence-corrected chi connectivity index (χ3v) is 7.54. The van der Waals surface area contributed by atoms with Crippen molar-refractivity contribution in [1.29, 1.82) is 0 Å². The van der Waals surface area contributed by atoms with Crippen molar-refractivity contribution >= 4 is 34.3 Å². The standard InChI is InChI=1S/C27H19ClF7N5O4/c1-25(23(36)42)10-44-21-14(25)7-18(38-20(21)11-2-3-16(29)15(28)5-11)26(43,27(33,34)35)9-37-22(41)12-4-13-8-40(24(31)32)39-19(13)17(30)6-12/h2-8,24,43H,9-10H2,1H3,(H2,36,42)(H,37,41)/t25-,26?/m0/s1. The highest BCUT2D eigenvalue weighted by atomic mass is 35.5. The van der Waals surface area contributed by atoms with Crippen LogP contribution >= 0.6 is 11.6 Å². The van der Waals surface area contributed by atoms with Crippen LogP contribution in [0.4, 0.5) is 30.7 Å². The van der Waals surface area contributed by atoms with Crippen LogP contribution in [-0.2, 0) is 15.8 Å². The van der Waals surface area contributed by atoms with Crippen LogP contribution in [0, 0.1) is 11.6 Å². The first-order chi connectivity index (χ1) is 20.5. The van der Waals surface area contributed by atoms with Gasteiger partial charge >= 0.3 is 12.7 Å². The average molecular weight is 646 g/mol. The van der Waals surface area contributed by atoms with Gasteiger partial charge in [0.05, 0.1) is 17.3 Å². The minimum absolute atomic E-state index is 0.0371. The molecule has 0 fully saturated rings. The Bertz CT molecular complexity index is 1830. The number of nitrogens with one attached hydrogen (secondary N) is 1. The second-order valence-electron chi connectivity index (χ2n) is 10.2. The number of amides is 2. The summed E-state index contributed by atoms with van der Waals surface area (Å²) >= 11 is 5.87. The number of benzene rings is 2. The monoisotopic (exact) mass is 645 g/mol. The van der Waals surface area contributed by atoms with Crippen LogP contribution in [0.15, 0.2) is 42.6 Å². The molecule has 17 heteroatoms. The van der Waals surface area contributed by atoms with Gasteiger partial charge in [-0.3, -0.25) is 9.59 Å². The van der Waals surface area contributed by atoms with E-state index in [0.29, 0.717) is 6.07 Å². The summed E-state index contributed by atoms with van der Waals surface area (Å²) in [5.41, 5.74) is -2.82. The number of nitrogens with zero attached hydrogens (tertiary/aromatic N) is 3. The van der Waals surface area contributed by atoms with Gasteiger partial charge in [-0.1, -0.05) is 11.6 Å². The van der Waals surface area contributed by atoms with Gasteiger partial charge in [-0.25, -0.2) is 18.4 Å². The van der Waals surface area contributed by atoms with Gasteiger partial charge in [0.15, 0.2) is 5.82 Å². The summed E-state index contributed by atoms with van der Waals surface area (Å²) in [5, 5.41) is 15.7. The van der Waals surface area contributed by atoms with Crippen molar-refractivity contribution in [3.05, 3.63) is 76.1 Å². The Labute approximate surface area is 247 Å². The van der Waals surface area contributed by atoms with E-state index in [1.54, 1.807) is 0 Å². The maximum absolute atomic E-state index is 14.6. The summed E-state index contributed by atoms with van der Waals surface area (Å²) in [6.45, 7) is -3.81. The number of carbonyl (C=O) groups is 2. The smallest absolute Gasteiger partial charge is 0.424 e. The number of alkyl halides is 5. The Balaban J connectivity index is 1.58. The normalized spacial score (nSPS) is 17.8. The molecule has 2 atom stereocenters. The summed E-state index contributed by atoms with van der Waals surface area (Å²) in [7, 11) is 0. The number of carbonyl (C=O) groups excluding carboxylic acids is 2. The molecule has 4 N–H and O–H groups in total. The molecule has 0 saturated carbocycles. The summed E-state index contributed by atoms with van der Waals surface area (Å²) in [6, 6.07) is 5.34. The lowest BCUT2D eigenvalue weighted by atomic mass is 9.81. The number of ether oxygens (including phenoxy) is 1. The van der Waals surface area contributed by atoms with E-state index in [1.165, 1.54) is 6.92 Å². The molecule has 1 aliphatic rings. The molecule has 1 aliphatic heterocycles. The SMILES string of the molecule is C[C@]1(C(N)=O)COc2c1cc(C(O)(CNC(=O)c1cc(F)c3nn(C(F)F)cc3c1)C(F)(F)F)nc2-c1ccc(F)c(Cl)c1. The summed E-state index contributed by atoms with van der Waals surface area (Å²) in [4.78, 5) is 29.1. The van der Waals surface area contributed by atoms with Gasteiger partial charge in [-0.2, -0.15) is 27.1 Å². The lowest BCUT2D eigenvalue weighted by Gasteiger charge is -2.31. The van der Waals surface area contributed by atoms with E-state index < -0.39 is 82.1 Å². The number of pyridine rings is 1. The Morgan fingerprint density at radius 2 is 1.89 bits per heavy atom. The fourth-order valence-electron chi connectivity index (χ4n) is 4.63. The highest BCUT2D eigenvalue weighted by molar-refractivity contribution is 6.31. The molecule has 9 nitrogen and oxygen atoms in total. The molecule has 0 spiro atoms. The third-order valence-electron chi connectivity index (χ3n) is 7.25. The van der Waals surface area contributed by atoms with Crippen molar-refractivity contribution < 1.29 is 50.2 Å². The maximum atomic E-state index is 14.6. The Morgan fingerprint density at radius 3 is 2.50 bits per heavy atom. The van der Waals surface area contributed by atoms with Crippen LogP contribution in [0.5, 0.6) is 5.75 Å². The summed E-state index contributed by atoms with van der Waals surface area (Å²) in [5.74, 6) is -4.51. The van der Waals surface area contributed by atoms with E-state index in [2.05, 4.69) is 10.1 Å². The van der Waals surface area contributed by atoms with E-state index in [1.807, 2.05) is 5.32 Å². The fraction of sp³-hybridized carbons (Fsp3) is 0.259. The van der Waals surface area contributed by atoms with Gasteiger partial charge in [-0.05, 0) is 43.3 Å². The van der Waals surface area contributed by atoms with Crippen LogP contribution < -0.4 is 15.8 Å². The average Bonchev–Trinajstić information content (AvgIpc) is 3.55. The minimum atomic E-state index is -5.52. The highest BCUT2D eigenvalue weighted by Crippen LogP contribution is 2.48. The Hall–Kier alpha value is -4.44. The van der Waals surface area contributed by atoms with Gasteiger partial charge in [-0.15, -0.1) is 0 Å². The van der Waals surface area contributed by atoms with Gasteiger partial charge in [0.25, 0.3) is 5.91 Å². The molecule has 44 heavy (non-hydrogen) atoms. The van der Waals surface area contributed by atoms with Crippen molar-refractivity contribution in [2.75, 3.05) is 13.2 Å². The van der Waals surface area contributed by atoms with Gasteiger partial charge in [0, 0.05) is 28.3 Å². The van der Waals surface area contributed by atoms with E-state index in [-0.39, 0.29) is 32.6 Å². The molecular weight excluding hydrogens is 627 g/mol. The molecule has 2 aromatic carbocycles. The number of hydrogen-bond donors (Lipinski definition) is 3. The topological polar surface area (TPSA) is 132 Å². The third kappa shape index (κ3) is 5.06. The first-order valence-corrected chi connectivity index (χ1v) is 12.8. The number of aliphatic hydroxyl groups is 1. The highest BCUT2D eigenvalue weighted by Gasteiger charge is 2.57. The molecule has 4 aromatic rings. The predicted octanol–water partition coefficient (Wildman–Crippen LogP) is 4.74. The van der Waals surface area contributed by atoms with Gasteiger partial charge < -0.3 is 20.9 Å². The molecule has 1 unspecified atom stereocenters. The first-order valence-electron chi connectivity index (χ1n) is 12.4. The van der Waals surface area contributed by atoms with Crippen molar-refractivity contribution in [2.45, 2.75) is 30.7 Å². The van der Waals surface area contributed by atoms with Crippen molar-refractivity contribution in [3.63, 3.8) is 0 Å². The van der Waals surface area contributed by atoms with E-state index in [9.17, 15) is 45.4 Å². The molecule has 0 bridgehead atoms. The van der Waals surface area contributed by atoms with Crippen LogP contribution in [0.1, 0.15) is 35.1 Å². The largest absolute Gasteiger partial charge is 0.489 e. The molecular formula is C27H19ClF7N5O4. The van der Waals surface area contributed by atoms with E-state index in [4.69, 9.17) is 22.1 Å². The quantitative estimate of drug-likeness (QED) is 0.249. The van der Waals surface area contributed by atoms with Crippen molar-refractivity contribution in [2.24, 2.45) is 5.73 Å². The zero-order valence-electron chi connectivity index (χ0n) is 22.1. The van der Waals surface area contributed by atoms with Gasteiger partial charge in [0.1, 0.15) is 34.8 Å². The van der Waals surface area contributed by atoms with Gasteiger partial charge in [0.2, 0.25) is 11.5 Å². The van der Waals surface area contributed by atoms with E-state index >= 15 is 0 Å². The molecule has 0 radical (unpaired) electrons. The molecule has 0 saturated heterocycles. The number of fused-ring (bicyclic) bond motifs is 2. The number of rotatable bonds is 7. The molecule has 5 rings (SSSR count). The minimum Gasteiger partial charge on any atom is -0.489 e. The zero-order valence-corrected chi connectivity index (χ0v) is 22.9. The van der Waals surface area contributed by atoms with Crippen LogP contribution in [0.2, 0.25) is 5.02 Å². The molecule has 0 aliphatic carbocycles. The second-order valence-corrected chi connectivity index (χ2v) is 10.6. The molecule has 3 heterocycles. The number of nitrogens with two attached hydrogens (primary N) is 1. The van der Waals surface area contributed by atoms with Crippen LogP contribution in [0.25, 0.3) is 22.2 Å². The first kappa shape index (κ1) is 31.0. The second kappa shape index (κ2) is 10.6. The van der Waals surface area contributed by atoms with Crippen LogP contribution in [0.3, 0.4) is 0 Å². The lowest BCUT2D eigenvalue weighted by molar-refractivity contribution is -0.265. The summed E-state index contributed by atoms with van der Waals surface area (Å²) in [6.07, 6.45) is -4.78. The lowest BCUT2D eigenvalue weighted by Crippen LogP contribution is -2.51. The molecule has 2 aromatic heterocycles. The maximum Gasteiger partial charge on any atom is 0.424 e. The number of primary amides is 1. The number of hydrogen-bond acceptors (Lipinski definition) is 6. The molecule has 232 valence electrons. The number of aromatic nitrogens is 3. The summed E-state index contributed by atoms with van der Waals surface area (Å²) < 4.78 is 104. The fourth-order valence-corrected chi connectivity index (χ4v) is 4.81. The zero-order chi connectivity index (χ0) is 32.4. The van der Waals surface area contributed by atoms with Crippen molar-refractivity contribution in [3.8, 4) is 17.0 Å². The predicted molar refractivity (Wildman–Crippen MR) is 140 cm³/mol. The van der Waals surface area contributed by atoms with Crippen molar-refractivity contribution in [1.82, 2.24) is 20.1 Å². The Morgan fingerprint density at radius 1 is 1.18 bits per heavy atom.